The molecule has 3 heterocycles. The molecule has 5 rings (SSSR count). The summed E-state index contributed by atoms with van der Waals surface area (Å²) in [5.41, 5.74) is 3.36. The molecule has 0 spiro atoms. The van der Waals surface area contributed by atoms with Gasteiger partial charge in [-0.15, -0.1) is 0 Å². The Bertz CT molecular complexity index is 1340. The number of benzene rings is 2. The number of nitrogens with zero attached hydrogens (tertiary/aromatic N) is 1. The molecule has 4 aromatic rings. The van der Waals surface area contributed by atoms with E-state index in [0.29, 0.717) is 27.3 Å². The van der Waals surface area contributed by atoms with Crippen LogP contribution in [0.15, 0.2) is 68.4 Å². The van der Waals surface area contributed by atoms with E-state index in [1.807, 2.05) is 38.1 Å². The van der Waals surface area contributed by atoms with Crippen LogP contribution in [0.3, 0.4) is 0 Å². The fraction of sp³-hybridized carbons (Fsp3) is 0.167. The summed E-state index contributed by atoms with van der Waals surface area (Å²) < 4.78 is 11.5. The lowest BCUT2D eigenvalue weighted by atomic mass is 9.97. The first kappa shape index (κ1) is 18.7. The van der Waals surface area contributed by atoms with E-state index in [-0.39, 0.29) is 23.6 Å². The standard InChI is InChI=1S/C24H18ClNO4/c1-13-10-18-19(11-14(13)2)30-23-20(22(18)27)21(15-5-7-16(25)8-6-15)26(24(23)28)12-17-4-3-9-29-17/h3-11,21H,12H2,1-2H3/t21-/m1/s1. The Labute approximate surface area is 177 Å². The van der Waals surface area contributed by atoms with Crippen LogP contribution in [0.25, 0.3) is 11.0 Å². The number of rotatable bonds is 3. The van der Waals surface area contributed by atoms with Crippen LogP contribution in [0.5, 0.6) is 0 Å². The Morgan fingerprint density at radius 2 is 1.77 bits per heavy atom. The van der Waals surface area contributed by atoms with Crippen molar-refractivity contribution in [3.05, 3.63) is 104 Å². The maximum absolute atomic E-state index is 13.5. The minimum atomic E-state index is -0.586. The van der Waals surface area contributed by atoms with E-state index < -0.39 is 6.04 Å². The van der Waals surface area contributed by atoms with Gasteiger partial charge in [0, 0.05) is 5.02 Å². The third-order valence-electron chi connectivity index (χ3n) is 5.67. The lowest BCUT2D eigenvalue weighted by Gasteiger charge is -2.24. The van der Waals surface area contributed by atoms with Crippen LogP contribution in [-0.2, 0) is 6.54 Å². The first-order valence-corrected chi connectivity index (χ1v) is 9.98. The predicted molar refractivity (Wildman–Crippen MR) is 114 cm³/mol. The van der Waals surface area contributed by atoms with Crippen LogP contribution >= 0.6 is 11.6 Å². The first-order chi connectivity index (χ1) is 14.4. The molecule has 30 heavy (non-hydrogen) atoms. The number of halogens is 1. The van der Waals surface area contributed by atoms with Gasteiger partial charge >= 0.3 is 0 Å². The molecule has 0 unspecified atom stereocenters. The molecule has 1 aliphatic heterocycles. The van der Waals surface area contributed by atoms with Gasteiger partial charge in [0.25, 0.3) is 5.91 Å². The van der Waals surface area contributed by atoms with Gasteiger partial charge in [-0.25, -0.2) is 0 Å². The van der Waals surface area contributed by atoms with Gasteiger partial charge in [0.05, 0.1) is 29.8 Å². The average Bonchev–Trinajstić information content (AvgIpc) is 3.33. The summed E-state index contributed by atoms with van der Waals surface area (Å²) in [4.78, 5) is 28.5. The van der Waals surface area contributed by atoms with Crippen molar-refractivity contribution < 1.29 is 13.6 Å². The molecule has 1 atom stereocenters. The van der Waals surface area contributed by atoms with Crippen molar-refractivity contribution in [3.8, 4) is 0 Å². The molecule has 0 bridgehead atoms. The molecule has 2 aromatic heterocycles. The molecule has 1 aliphatic rings. The monoisotopic (exact) mass is 419 g/mol. The van der Waals surface area contributed by atoms with Gasteiger partial charge in [-0.05, 0) is 66.9 Å². The van der Waals surface area contributed by atoms with Crippen molar-refractivity contribution in [2.24, 2.45) is 0 Å². The lowest BCUT2D eigenvalue weighted by Crippen LogP contribution is -2.29. The van der Waals surface area contributed by atoms with Crippen molar-refractivity contribution >= 4 is 28.5 Å². The van der Waals surface area contributed by atoms with Gasteiger partial charge in [0.15, 0.2) is 5.43 Å². The second-order valence-electron chi connectivity index (χ2n) is 7.57. The smallest absolute Gasteiger partial charge is 0.291 e. The van der Waals surface area contributed by atoms with Crippen molar-refractivity contribution in [1.82, 2.24) is 4.90 Å². The molecule has 0 N–H and O–H groups in total. The summed E-state index contributed by atoms with van der Waals surface area (Å²) in [6.07, 6.45) is 1.56. The van der Waals surface area contributed by atoms with Crippen LogP contribution in [0, 0.1) is 13.8 Å². The molecule has 0 radical (unpaired) electrons. The van der Waals surface area contributed by atoms with E-state index in [2.05, 4.69) is 0 Å². The zero-order chi connectivity index (χ0) is 21.0. The fourth-order valence-electron chi connectivity index (χ4n) is 4.00. The number of furan rings is 1. The zero-order valence-corrected chi connectivity index (χ0v) is 17.2. The number of hydrogen-bond donors (Lipinski definition) is 0. The number of fused-ring (bicyclic) bond motifs is 2. The molecule has 5 nitrogen and oxygen atoms in total. The third kappa shape index (κ3) is 2.85. The Hall–Kier alpha value is -3.31. The topological polar surface area (TPSA) is 63.7 Å². The van der Waals surface area contributed by atoms with Crippen molar-refractivity contribution in [3.63, 3.8) is 0 Å². The highest BCUT2D eigenvalue weighted by atomic mass is 35.5. The maximum Gasteiger partial charge on any atom is 0.291 e. The van der Waals surface area contributed by atoms with E-state index in [1.54, 1.807) is 35.4 Å². The molecule has 0 fully saturated rings. The quantitative estimate of drug-likeness (QED) is 0.446. The number of amides is 1. The summed E-state index contributed by atoms with van der Waals surface area (Å²) in [6, 6.07) is 13.8. The Balaban J connectivity index is 1.76. The zero-order valence-electron chi connectivity index (χ0n) is 16.4. The Morgan fingerprint density at radius 3 is 2.47 bits per heavy atom. The molecule has 0 saturated heterocycles. The minimum Gasteiger partial charge on any atom is -0.467 e. The van der Waals surface area contributed by atoms with Gasteiger partial charge in [0.2, 0.25) is 5.76 Å². The van der Waals surface area contributed by atoms with E-state index in [1.165, 1.54) is 0 Å². The minimum absolute atomic E-state index is 0.0854. The van der Waals surface area contributed by atoms with Gasteiger partial charge in [-0.2, -0.15) is 0 Å². The van der Waals surface area contributed by atoms with Crippen LogP contribution in [-0.4, -0.2) is 10.8 Å². The van der Waals surface area contributed by atoms with Crippen LogP contribution < -0.4 is 5.43 Å². The van der Waals surface area contributed by atoms with E-state index in [0.717, 1.165) is 16.7 Å². The average molecular weight is 420 g/mol. The van der Waals surface area contributed by atoms with Crippen LogP contribution in [0.1, 0.15) is 44.6 Å². The molecular formula is C24H18ClNO4. The second kappa shape index (κ2) is 6.89. The summed E-state index contributed by atoms with van der Waals surface area (Å²) in [6.45, 7) is 4.12. The third-order valence-corrected chi connectivity index (χ3v) is 5.93. The van der Waals surface area contributed by atoms with Crippen molar-refractivity contribution in [2.75, 3.05) is 0 Å². The summed E-state index contributed by atoms with van der Waals surface area (Å²) >= 11 is 6.06. The van der Waals surface area contributed by atoms with Crippen molar-refractivity contribution in [1.29, 1.82) is 0 Å². The van der Waals surface area contributed by atoms with Crippen molar-refractivity contribution in [2.45, 2.75) is 26.4 Å². The number of hydrogen-bond acceptors (Lipinski definition) is 4. The summed E-state index contributed by atoms with van der Waals surface area (Å²) in [7, 11) is 0. The Kier molecular flexibility index (Phi) is 4.29. The van der Waals surface area contributed by atoms with Gasteiger partial charge in [-0.1, -0.05) is 23.7 Å². The predicted octanol–water partition coefficient (Wildman–Crippen LogP) is 5.40. The molecule has 0 saturated carbocycles. The molecule has 6 heteroatoms. The highest BCUT2D eigenvalue weighted by Gasteiger charge is 2.43. The summed E-state index contributed by atoms with van der Waals surface area (Å²) in [5, 5.41) is 1.06. The SMILES string of the molecule is Cc1cc2oc3c(c(=O)c2cc1C)[C@@H](c1ccc(Cl)cc1)N(Cc1ccco1)C3=O. The highest BCUT2D eigenvalue weighted by molar-refractivity contribution is 6.30. The Morgan fingerprint density at radius 1 is 1.03 bits per heavy atom. The molecule has 0 aliphatic carbocycles. The van der Waals surface area contributed by atoms with Gasteiger partial charge < -0.3 is 13.7 Å². The van der Waals surface area contributed by atoms with Gasteiger partial charge in [-0.3, -0.25) is 9.59 Å². The highest BCUT2D eigenvalue weighted by Crippen LogP contribution is 2.39. The normalized spacial score (nSPS) is 15.8. The molecule has 150 valence electrons. The van der Waals surface area contributed by atoms with E-state index >= 15 is 0 Å². The molecular weight excluding hydrogens is 402 g/mol. The molecule has 1 amide bonds. The number of aryl methyl sites for hydroxylation is 2. The van der Waals surface area contributed by atoms with E-state index in [9.17, 15) is 9.59 Å². The van der Waals surface area contributed by atoms with Gasteiger partial charge in [0.1, 0.15) is 11.3 Å². The molecule has 2 aromatic carbocycles. The van der Waals surface area contributed by atoms with E-state index in [4.69, 9.17) is 20.4 Å². The largest absolute Gasteiger partial charge is 0.467 e. The number of carbonyl (C=O) groups excluding carboxylic acids is 1. The second-order valence-corrected chi connectivity index (χ2v) is 8.01. The maximum atomic E-state index is 13.5. The lowest BCUT2D eigenvalue weighted by molar-refractivity contribution is 0.0701. The van der Waals surface area contributed by atoms with Crippen LogP contribution in [0.4, 0.5) is 0 Å². The summed E-state index contributed by atoms with van der Waals surface area (Å²) in [5.74, 6) is 0.375. The van der Waals surface area contributed by atoms with Crippen LogP contribution in [0.2, 0.25) is 5.02 Å². The fourth-order valence-corrected chi connectivity index (χ4v) is 4.13. The number of carbonyl (C=O) groups is 1. The first-order valence-electron chi connectivity index (χ1n) is 9.61.